The molecular weight excluding hydrogens is 353 g/mol. The molecule has 1 amide bonds. The second kappa shape index (κ2) is 5.13. The topological polar surface area (TPSA) is 46.2 Å². The van der Waals surface area contributed by atoms with Crippen molar-refractivity contribution in [3.8, 4) is 0 Å². The molecular formula is C15H11INO2-. The number of fused-ring (bicyclic) bond motifs is 1. The van der Waals surface area contributed by atoms with E-state index < -0.39 is 25.1 Å². The van der Waals surface area contributed by atoms with Crippen LogP contribution in [0.3, 0.4) is 0 Å². The van der Waals surface area contributed by atoms with Crippen molar-refractivity contribution in [3.05, 3.63) is 63.7 Å². The van der Waals surface area contributed by atoms with Crippen LogP contribution in [0, 0.1) is 3.57 Å². The number of carbonyl (C=O) groups is 2. The molecule has 0 bridgehead atoms. The molecule has 1 heterocycles. The average Bonchev–Trinajstić information content (AvgIpc) is 2.45. The Morgan fingerprint density at radius 3 is 2.37 bits per heavy atom. The van der Waals surface area contributed by atoms with Gasteiger partial charge in [0.1, 0.15) is 0 Å². The molecule has 19 heavy (non-hydrogen) atoms. The molecule has 2 aromatic carbocycles. The van der Waals surface area contributed by atoms with Crippen LogP contribution in [0.2, 0.25) is 0 Å². The average molecular weight is 364 g/mol. The molecule has 0 aliphatic carbocycles. The number of nitrogens with one attached hydrogen (secondary N) is 1. The van der Waals surface area contributed by atoms with E-state index in [0.717, 1.165) is 3.57 Å². The second-order valence-electron chi connectivity index (χ2n) is 4.17. The van der Waals surface area contributed by atoms with Crippen molar-refractivity contribution in [3.63, 3.8) is 0 Å². The number of ketones is 1. The van der Waals surface area contributed by atoms with E-state index in [0.29, 0.717) is 11.3 Å². The van der Waals surface area contributed by atoms with Gasteiger partial charge in [0.25, 0.3) is 0 Å². The summed E-state index contributed by atoms with van der Waals surface area (Å²) in [5.74, 6) is -0.212. The number of hydrogen-bond acceptors (Lipinski definition) is 2. The van der Waals surface area contributed by atoms with Gasteiger partial charge in [-0.15, -0.1) is 0 Å². The first-order chi connectivity index (χ1) is 9.25. The van der Waals surface area contributed by atoms with Gasteiger partial charge in [0.05, 0.1) is 0 Å². The molecule has 1 N–H and O–H groups in total. The summed E-state index contributed by atoms with van der Waals surface area (Å²) in [5, 5.41) is 2.83. The van der Waals surface area contributed by atoms with Gasteiger partial charge < -0.3 is 0 Å². The van der Waals surface area contributed by atoms with Gasteiger partial charge in [-0.3, -0.25) is 0 Å². The molecule has 2 aromatic rings. The van der Waals surface area contributed by atoms with Gasteiger partial charge in [-0.25, -0.2) is 0 Å². The van der Waals surface area contributed by atoms with Crippen LogP contribution >= 0.6 is 0 Å². The number of para-hydroxylation sites is 1. The van der Waals surface area contributed by atoms with E-state index in [1.165, 1.54) is 0 Å². The normalized spacial score (nSPS) is 18.0. The fourth-order valence-electron chi connectivity index (χ4n) is 1.97. The predicted molar refractivity (Wildman–Crippen MR) is 68.3 cm³/mol. The van der Waals surface area contributed by atoms with Crippen molar-refractivity contribution in [2.45, 2.75) is 3.92 Å². The van der Waals surface area contributed by atoms with Crippen LogP contribution in [-0.2, 0) is 4.79 Å². The number of rotatable bonds is 2. The zero-order valence-corrected chi connectivity index (χ0v) is 12.1. The Morgan fingerprint density at radius 2 is 1.58 bits per heavy atom. The molecule has 1 unspecified atom stereocenters. The molecule has 4 heteroatoms. The molecule has 0 aromatic heterocycles. The third-order valence-electron chi connectivity index (χ3n) is 2.88. The zero-order chi connectivity index (χ0) is 13.2. The number of amides is 1. The monoisotopic (exact) mass is 364 g/mol. The van der Waals surface area contributed by atoms with E-state index in [-0.39, 0.29) is 11.7 Å². The molecule has 0 saturated carbocycles. The number of anilines is 1. The standard InChI is InChI=1S/C15H11INO2/c18-14-11-8-4-5-9-12(11)17-15(19)13(14)16-10-6-2-1-3-7-10/h1-9,13H,(H,17,19)/q-1. The Morgan fingerprint density at radius 1 is 0.895 bits per heavy atom. The Hall–Kier alpha value is -1.69. The number of alkyl halides is 1. The summed E-state index contributed by atoms with van der Waals surface area (Å²) in [6.45, 7) is 0. The first kappa shape index (κ1) is 12.3. The van der Waals surface area contributed by atoms with Gasteiger partial charge in [0, 0.05) is 0 Å². The van der Waals surface area contributed by atoms with Crippen molar-refractivity contribution in [2.24, 2.45) is 0 Å². The number of benzene rings is 2. The molecule has 3 rings (SSSR count). The van der Waals surface area contributed by atoms with E-state index in [1.807, 2.05) is 42.5 Å². The quantitative estimate of drug-likeness (QED) is 0.429. The van der Waals surface area contributed by atoms with Crippen molar-refractivity contribution < 1.29 is 30.8 Å². The van der Waals surface area contributed by atoms with Gasteiger partial charge in [0.15, 0.2) is 0 Å². The van der Waals surface area contributed by atoms with Crippen LogP contribution < -0.4 is 26.5 Å². The predicted octanol–water partition coefficient (Wildman–Crippen LogP) is -0.851. The van der Waals surface area contributed by atoms with Crippen LogP contribution in [0.15, 0.2) is 54.6 Å². The first-order valence-electron chi connectivity index (χ1n) is 5.88. The molecule has 96 valence electrons. The van der Waals surface area contributed by atoms with E-state index >= 15 is 0 Å². The van der Waals surface area contributed by atoms with E-state index in [2.05, 4.69) is 5.32 Å². The fourth-order valence-corrected chi connectivity index (χ4v) is 4.58. The molecule has 0 spiro atoms. The maximum absolute atomic E-state index is 12.4. The summed E-state index contributed by atoms with van der Waals surface area (Å²) < 4.78 is 0.588. The minimum atomic E-state index is -0.662. The van der Waals surface area contributed by atoms with Gasteiger partial charge in [-0.2, -0.15) is 0 Å². The van der Waals surface area contributed by atoms with Crippen LogP contribution in [0.4, 0.5) is 5.69 Å². The minimum absolute atomic E-state index is 0.0454. The zero-order valence-electron chi connectivity index (χ0n) is 9.97. The molecule has 0 saturated heterocycles. The Kier molecular flexibility index (Phi) is 3.33. The number of halogens is 1. The third-order valence-corrected chi connectivity index (χ3v) is 6.07. The number of carbonyl (C=O) groups excluding carboxylic acids is 2. The summed E-state index contributed by atoms with van der Waals surface area (Å²) in [6.07, 6.45) is 0. The van der Waals surface area contributed by atoms with Gasteiger partial charge in [-0.05, 0) is 0 Å². The third kappa shape index (κ3) is 2.40. The molecule has 1 atom stereocenters. The van der Waals surface area contributed by atoms with E-state index in [1.54, 1.807) is 12.1 Å². The maximum atomic E-state index is 12.4. The summed E-state index contributed by atoms with van der Waals surface area (Å²) >= 11 is -0.662. The van der Waals surface area contributed by atoms with Crippen LogP contribution in [0.5, 0.6) is 0 Å². The van der Waals surface area contributed by atoms with Crippen LogP contribution in [0.1, 0.15) is 10.4 Å². The fraction of sp³-hybridized carbons (Fsp3) is 0.0667. The summed E-state index contributed by atoms with van der Waals surface area (Å²) in [7, 11) is 0. The van der Waals surface area contributed by atoms with Crippen LogP contribution in [-0.4, -0.2) is 15.6 Å². The Labute approximate surface area is 121 Å². The first-order valence-corrected chi connectivity index (χ1v) is 8.21. The second-order valence-corrected chi connectivity index (χ2v) is 7.28. The van der Waals surface area contributed by atoms with Gasteiger partial charge in [-0.1, -0.05) is 0 Å². The molecule has 0 radical (unpaired) electrons. The molecule has 1 aliphatic rings. The molecule has 3 nitrogen and oxygen atoms in total. The summed E-state index contributed by atoms with van der Waals surface area (Å²) in [5.41, 5.74) is 1.26. The SMILES string of the molecule is O=C1Nc2ccccc2C(=O)C1[I-]c1ccccc1. The summed E-state index contributed by atoms with van der Waals surface area (Å²) in [6, 6.07) is 17.0. The van der Waals surface area contributed by atoms with Gasteiger partial charge in [0.2, 0.25) is 0 Å². The Balaban J connectivity index is 1.92. The molecule has 0 fully saturated rings. The van der Waals surface area contributed by atoms with Crippen molar-refractivity contribution >= 4 is 17.4 Å². The van der Waals surface area contributed by atoms with Crippen molar-refractivity contribution in [1.82, 2.24) is 0 Å². The van der Waals surface area contributed by atoms with Crippen molar-refractivity contribution in [1.29, 1.82) is 0 Å². The summed E-state index contributed by atoms with van der Waals surface area (Å²) in [4.78, 5) is 24.5. The van der Waals surface area contributed by atoms with E-state index in [4.69, 9.17) is 0 Å². The number of Topliss-reactive ketones (excluding diaryl/α,β-unsaturated/α-hetero) is 1. The van der Waals surface area contributed by atoms with Gasteiger partial charge >= 0.3 is 121 Å². The van der Waals surface area contributed by atoms with E-state index in [9.17, 15) is 9.59 Å². The Bertz CT molecular complexity index is 640. The molecule has 1 aliphatic heterocycles. The number of hydrogen-bond donors (Lipinski definition) is 1. The van der Waals surface area contributed by atoms with Crippen LogP contribution in [0.25, 0.3) is 0 Å². The van der Waals surface area contributed by atoms with Crippen molar-refractivity contribution in [2.75, 3.05) is 5.32 Å².